The molecule has 1 rings (SSSR count). The van der Waals surface area contributed by atoms with Gasteiger partial charge in [-0.1, -0.05) is 36.7 Å². The van der Waals surface area contributed by atoms with Crippen LogP contribution in [0.2, 0.25) is 5.02 Å². The van der Waals surface area contributed by atoms with Crippen molar-refractivity contribution in [2.75, 3.05) is 13.2 Å². The maximum Gasteiger partial charge on any atom is 0.138 e. The van der Waals surface area contributed by atoms with E-state index in [2.05, 4.69) is 24.5 Å². The van der Waals surface area contributed by atoms with Crippen LogP contribution in [0.4, 0.5) is 0 Å². The van der Waals surface area contributed by atoms with Crippen molar-refractivity contribution in [2.24, 2.45) is 11.1 Å². The lowest BCUT2D eigenvalue weighted by atomic mass is 9.97. The van der Waals surface area contributed by atoms with Crippen LogP contribution in [0.5, 0.6) is 5.75 Å². The highest BCUT2D eigenvalue weighted by Crippen LogP contribution is 2.26. The summed E-state index contributed by atoms with van der Waals surface area (Å²) in [7, 11) is 0. The van der Waals surface area contributed by atoms with Gasteiger partial charge >= 0.3 is 0 Å². The van der Waals surface area contributed by atoms with Crippen molar-refractivity contribution < 1.29 is 9.84 Å². The van der Waals surface area contributed by atoms with Crippen LogP contribution in [0, 0.1) is 11.4 Å². The van der Waals surface area contributed by atoms with Gasteiger partial charge in [-0.15, -0.1) is 0 Å². The zero-order valence-electron chi connectivity index (χ0n) is 11.2. The van der Waals surface area contributed by atoms with Gasteiger partial charge in [-0.05, 0) is 30.0 Å². The second kappa shape index (κ2) is 7.96. The number of nitrogens with zero attached hydrogens (tertiary/aromatic N) is 1. The van der Waals surface area contributed by atoms with Crippen LogP contribution in [0.25, 0.3) is 0 Å². The number of benzene rings is 1. The van der Waals surface area contributed by atoms with Gasteiger partial charge in [-0.25, -0.2) is 0 Å². The highest BCUT2D eigenvalue weighted by Gasteiger charge is 2.14. The van der Waals surface area contributed by atoms with Gasteiger partial charge in [-0.2, -0.15) is 5.53 Å². The molecule has 5 nitrogen and oxygen atoms in total. The van der Waals surface area contributed by atoms with Crippen molar-refractivity contribution in [2.45, 2.75) is 26.3 Å². The Kier molecular flexibility index (Phi) is 6.59. The molecule has 0 aromatic heterocycles. The van der Waals surface area contributed by atoms with Crippen LogP contribution >= 0.6 is 11.6 Å². The zero-order valence-corrected chi connectivity index (χ0v) is 11.9. The SMILES string of the molecule is CC(C)C(Cc1ccc(Cl)c(OCCO)c1)NN=N. The number of hydrogen-bond acceptors (Lipinski definition) is 4. The molecule has 1 aromatic carbocycles. The monoisotopic (exact) mass is 285 g/mol. The molecule has 0 aliphatic heterocycles. The highest BCUT2D eigenvalue weighted by atomic mass is 35.5. The van der Waals surface area contributed by atoms with Crippen LogP contribution in [-0.2, 0) is 6.42 Å². The lowest BCUT2D eigenvalue weighted by Crippen LogP contribution is -2.31. The lowest BCUT2D eigenvalue weighted by Gasteiger charge is -2.20. The molecule has 0 amide bonds. The number of halogens is 1. The Balaban J connectivity index is 2.79. The molecule has 0 saturated carbocycles. The molecule has 0 spiro atoms. The van der Waals surface area contributed by atoms with Gasteiger partial charge in [0, 0.05) is 0 Å². The second-order valence-corrected chi connectivity index (χ2v) is 5.04. The third-order valence-electron chi connectivity index (χ3n) is 2.84. The van der Waals surface area contributed by atoms with Crippen molar-refractivity contribution in [1.29, 1.82) is 5.53 Å². The first-order chi connectivity index (χ1) is 9.08. The van der Waals surface area contributed by atoms with E-state index in [4.69, 9.17) is 27.0 Å². The fraction of sp³-hybridized carbons (Fsp3) is 0.538. The molecular formula is C13H20ClN3O2. The van der Waals surface area contributed by atoms with E-state index in [9.17, 15) is 0 Å². The molecule has 0 aliphatic rings. The van der Waals surface area contributed by atoms with Gasteiger partial charge < -0.3 is 9.84 Å². The third-order valence-corrected chi connectivity index (χ3v) is 3.15. The molecule has 0 heterocycles. The number of hydrogen-bond donors (Lipinski definition) is 3. The van der Waals surface area contributed by atoms with Crippen molar-refractivity contribution in [3.05, 3.63) is 28.8 Å². The Morgan fingerprint density at radius 2 is 2.21 bits per heavy atom. The van der Waals surface area contributed by atoms with Crippen molar-refractivity contribution in [1.82, 2.24) is 5.43 Å². The predicted octanol–water partition coefficient (Wildman–Crippen LogP) is 2.81. The normalized spacial score (nSPS) is 12.3. The number of aliphatic hydroxyl groups is 1. The first-order valence-corrected chi connectivity index (χ1v) is 6.60. The topological polar surface area (TPSA) is 77.7 Å². The minimum Gasteiger partial charge on any atom is -0.490 e. The third kappa shape index (κ3) is 5.04. The van der Waals surface area contributed by atoms with Crippen LogP contribution in [0.15, 0.2) is 23.4 Å². The Morgan fingerprint density at radius 1 is 1.47 bits per heavy atom. The van der Waals surface area contributed by atoms with E-state index in [0.717, 1.165) is 12.0 Å². The summed E-state index contributed by atoms with van der Waals surface area (Å²) in [5.41, 5.74) is 10.7. The predicted molar refractivity (Wildman–Crippen MR) is 74.6 cm³/mol. The van der Waals surface area contributed by atoms with Crippen molar-refractivity contribution >= 4 is 11.6 Å². The molecule has 0 aliphatic carbocycles. The fourth-order valence-electron chi connectivity index (χ4n) is 1.71. The number of rotatable bonds is 8. The molecule has 3 N–H and O–H groups in total. The summed E-state index contributed by atoms with van der Waals surface area (Å²) in [4.78, 5) is 0. The van der Waals surface area contributed by atoms with E-state index >= 15 is 0 Å². The molecule has 1 aromatic rings. The fourth-order valence-corrected chi connectivity index (χ4v) is 1.88. The quantitative estimate of drug-likeness (QED) is 0.508. The summed E-state index contributed by atoms with van der Waals surface area (Å²) in [5, 5.41) is 12.5. The summed E-state index contributed by atoms with van der Waals surface area (Å²) < 4.78 is 5.37. The summed E-state index contributed by atoms with van der Waals surface area (Å²) in [6.07, 6.45) is 0.729. The van der Waals surface area contributed by atoms with Crippen molar-refractivity contribution in [3.8, 4) is 5.75 Å². The maximum atomic E-state index is 8.76. The van der Waals surface area contributed by atoms with E-state index in [-0.39, 0.29) is 19.3 Å². The Hall–Kier alpha value is -1.33. The molecule has 19 heavy (non-hydrogen) atoms. The molecule has 0 bridgehead atoms. The first kappa shape index (κ1) is 15.7. The standard InChI is InChI=1S/C13H20ClN3O2/c1-9(2)12(16-17-15)7-10-3-4-11(14)13(8-10)19-6-5-18/h3-4,8-9,12,18H,5-7H2,1-2H3,(H2,15,16). The summed E-state index contributed by atoms with van der Waals surface area (Å²) in [6.45, 7) is 4.31. The van der Waals surface area contributed by atoms with Gasteiger partial charge in [0.25, 0.3) is 0 Å². The van der Waals surface area contributed by atoms with Gasteiger partial charge in [-0.3, -0.25) is 5.43 Å². The Morgan fingerprint density at radius 3 is 2.79 bits per heavy atom. The van der Waals surface area contributed by atoms with Crippen LogP contribution in [0.3, 0.4) is 0 Å². The first-order valence-electron chi connectivity index (χ1n) is 6.22. The number of aliphatic hydroxyl groups excluding tert-OH is 1. The van der Waals surface area contributed by atoms with Crippen LogP contribution in [0.1, 0.15) is 19.4 Å². The van der Waals surface area contributed by atoms with Gasteiger partial charge in [0.2, 0.25) is 0 Å². The highest BCUT2D eigenvalue weighted by molar-refractivity contribution is 6.32. The van der Waals surface area contributed by atoms with Gasteiger partial charge in [0.1, 0.15) is 12.4 Å². The van der Waals surface area contributed by atoms with Crippen molar-refractivity contribution in [3.63, 3.8) is 0 Å². The number of ether oxygens (including phenoxy) is 1. The van der Waals surface area contributed by atoms with E-state index in [1.165, 1.54) is 0 Å². The molecule has 106 valence electrons. The molecule has 0 saturated heterocycles. The van der Waals surface area contributed by atoms with E-state index in [0.29, 0.717) is 16.7 Å². The van der Waals surface area contributed by atoms with Crippen LogP contribution in [-0.4, -0.2) is 24.4 Å². The molecule has 1 unspecified atom stereocenters. The summed E-state index contributed by atoms with van der Waals surface area (Å²) in [6, 6.07) is 5.65. The summed E-state index contributed by atoms with van der Waals surface area (Å²) in [5.74, 6) is 0.921. The largest absolute Gasteiger partial charge is 0.490 e. The molecule has 1 atom stereocenters. The minimum absolute atomic E-state index is 0.0472. The average molecular weight is 286 g/mol. The molecule has 0 fully saturated rings. The minimum atomic E-state index is -0.0472. The smallest absolute Gasteiger partial charge is 0.138 e. The molecular weight excluding hydrogens is 266 g/mol. The van der Waals surface area contributed by atoms with E-state index < -0.39 is 0 Å². The second-order valence-electron chi connectivity index (χ2n) is 4.63. The number of nitrogens with one attached hydrogen (secondary N) is 2. The van der Waals surface area contributed by atoms with Gasteiger partial charge in [0.05, 0.1) is 17.7 Å². The van der Waals surface area contributed by atoms with E-state index in [1.807, 2.05) is 12.1 Å². The maximum absolute atomic E-state index is 8.76. The zero-order chi connectivity index (χ0) is 14.3. The van der Waals surface area contributed by atoms with Crippen LogP contribution < -0.4 is 10.2 Å². The Bertz CT molecular complexity index is 413. The Labute approximate surface area is 118 Å². The van der Waals surface area contributed by atoms with E-state index in [1.54, 1.807) is 6.07 Å². The average Bonchev–Trinajstić information content (AvgIpc) is 2.38. The molecule has 0 radical (unpaired) electrons. The summed E-state index contributed by atoms with van der Waals surface area (Å²) >= 11 is 6.02. The lowest BCUT2D eigenvalue weighted by molar-refractivity contribution is 0.201. The molecule has 6 heteroatoms. The van der Waals surface area contributed by atoms with Gasteiger partial charge in [0.15, 0.2) is 0 Å².